The Morgan fingerprint density at radius 1 is 1.15 bits per heavy atom. The van der Waals surface area contributed by atoms with Crippen molar-refractivity contribution in [2.75, 3.05) is 7.11 Å². The number of amides is 2. The van der Waals surface area contributed by atoms with E-state index in [2.05, 4.69) is 5.10 Å². The van der Waals surface area contributed by atoms with E-state index in [0.717, 1.165) is 0 Å². The number of esters is 1. The molecule has 0 aliphatic heterocycles. The van der Waals surface area contributed by atoms with E-state index in [9.17, 15) is 14.4 Å². The lowest BCUT2D eigenvalue weighted by atomic mass is 10.2. The minimum absolute atomic E-state index is 0.177. The molecule has 9 heteroatoms. The van der Waals surface area contributed by atoms with Gasteiger partial charge in [0, 0.05) is 0 Å². The van der Waals surface area contributed by atoms with E-state index < -0.39 is 17.8 Å². The topological polar surface area (TPSA) is 120 Å². The van der Waals surface area contributed by atoms with Gasteiger partial charge in [0.1, 0.15) is 0 Å². The summed E-state index contributed by atoms with van der Waals surface area (Å²) in [6.07, 6.45) is 1.27. The maximum absolute atomic E-state index is 12.2. The molecular weight excluding hydrogens is 362 g/mol. The van der Waals surface area contributed by atoms with Crippen molar-refractivity contribution < 1.29 is 23.9 Å². The van der Waals surface area contributed by atoms with Crippen LogP contribution in [0.4, 0.5) is 0 Å². The highest BCUT2D eigenvalue weighted by atomic mass is 35.5. The molecule has 26 heavy (non-hydrogen) atoms. The number of methoxy groups -OCH3 is 1. The van der Waals surface area contributed by atoms with Crippen molar-refractivity contribution in [3.8, 4) is 11.5 Å². The molecule has 3 N–H and O–H groups in total. The van der Waals surface area contributed by atoms with Gasteiger partial charge in [-0.1, -0.05) is 23.7 Å². The molecule has 0 unspecified atom stereocenters. The lowest BCUT2D eigenvalue weighted by Crippen LogP contribution is -2.32. The maximum Gasteiger partial charge on any atom is 0.345 e. The highest BCUT2D eigenvalue weighted by Crippen LogP contribution is 2.29. The molecular formula is C17H14ClN3O5. The highest BCUT2D eigenvalue weighted by Gasteiger charge is 2.15. The molecule has 2 aromatic carbocycles. The van der Waals surface area contributed by atoms with Crippen molar-refractivity contribution in [1.82, 2.24) is 5.43 Å². The number of hydrogen-bond acceptors (Lipinski definition) is 6. The second-order valence-electron chi connectivity index (χ2n) is 4.84. The Kier molecular flexibility index (Phi) is 6.29. The van der Waals surface area contributed by atoms with Gasteiger partial charge in [-0.25, -0.2) is 10.2 Å². The van der Waals surface area contributed by atoms with Gasteiger partial charge >= 0.3 is 17.8 Å². The van der Waals surface area contributed by atoms with Gasteiger partial charge in [-0.2, -0.15) is 5.10 Å². The summed E-state index contributed by atoms with van der Waals surface area (Å²) >= 11 is 5.97. The Balaban J connectivity index is 2.14. The van der Waals surface area contributed by atoms with Crippen molar-refractivity contribution in [2.24, 2.45) is 10.8 Å². The van der Waals surface area contributed by atoms with E-state index >= 15 is 0 Å². The first-order valence-electron chi connectivity index (χ1n) is 7.20. The standard InChI is InChI=1S/C17H14ClN3O5/c1-25-14-8-10(9-20-21-16(23)15(19)22)6-7-13(14)26-17(24)11-4-2-3-5-12(11)18/h2-9H,1H3,(H2,19,22)(H,21,23)/b20-9-. The molecule has 0 aliphatic carbocycles. The zero-order valence-corrected chi connectivity index (χ0v) is 14.3. The number of rotatable bonds is 5. The molecule has 0 fully saturated rings. The summed E-state index contributed by atoms with van der Waals surface area (Å²) in [5.41, 5.74) is 7.48. The monoisotopic (exact) mass is 375 g/mol. The molecule has 8 nitrogen and oxygen atoms in total. The first-order valence-corrected chi connectivity index (χ1v) is 7.57. The van der Waals surface area contributed by atoms with Crippen LogP contribution in [0.15, 0.2) is 47.6 Å². The molecule has 0 aliphatic rings. The lowest BCUT2D eigenvalue weighted by molar-refractivity contribution is -0.137. The van der Waals surface area contributed by atoms with Crippen molar-refractivity contribution >= 4 is 35.6 Å². The normalized spacial score (nSPS) is 10.4. The van der Waals surface area contributed by atoms with Crippen molar-refractivity contribution in [3.05, 3.63) is 58.6 Å². The van der Waals surface area contributed by atoms with E-state index in [1.807, 2.05) is 5.43 Å². The Bertz CT molecular complexity index is 882. The summed E-state index contributed by atoms with van der Waals surface area (Å²) in [4.78, 5) is 33.8. The second-order valence-corrected chi connectivity index (χ2v) is 5.25. The Hall–Kier alpha value is -3.39. The van der Waals surface area contributed by atoms with Crippen LogP contribution in [0.3, 0.4) is 0 Å². The number of hydrazone groups is 1. The zero-order chi connectivity index (χ0) is 19.1. The third-order valence-corrected chi connectivity index (χ3v) is 3.42. The first kappa shape index (κ1) is 18.9. The lowest BCUT2D eigenvalue weighted by Gasteiger charge is -2.10. The fraction of sp³-hybridized carbons (Fsp3) is 0.0588. The summed E-state index contributed by atoms with van der Waals surface area (Å²) in [5.74, 6) is -2.39. The van der Waals surface area contributed by atoms with Gasteiger partial charge in [0.25, 0.3) is 0 Å². The molecule has 2 aromatic rings. The van der Waals surface area contributed by atoms with E-state index in [0.29, 0.717) is 5.56 Å². The van der Waals surface area contributed by atoms with Gasteiger partial charge in [-0.15, -0.1) is 0 Å². The molecule has 0 aromatic heterocycles. The van der Waals surface area contributed by atoms with Gasteiger partial charge in [0.05, 0.1) is 23.9 Å². The minimum Gasteiger partial charge on any atom is -0.493 e. The quantitative estimate of drug-likeness (QED) is 0.270. The third kappa shape index (κ3) is 4.81. The van der Waals surface area contributed by atoms with Crippen LogP contribution >= 0.6 is 11.6 Å². The van der Waals surface area contributed by atoms with Crippen molar-refractivity contribution in [1.29, 1.82) is 0 Å². The highest BCUT2D eigenvalue weighted by molar-refractivity contribution is 6.34. The number of hydrogen-bond donors (Lipinski definition) is 2. The molecule has 2 amide bonds. The summed E-state index contributed by atoms with van der Waals surface area (Å²) in [7, 11) is 1.40. The van der Waals surface area contributed by atoms with E-state index in [4.69, 9.17) is 26.8 Å². The number of carbonyl (C=O) groups excluding carboxylic acids is 3. The second kappa shape index (κ2) is 8.63. The average Bonchev–Trinajstić information content (AvgIpc) is 2.62. The average molecular weight is 376 g/mol. The molecule has 0 spiro atoms. The Morgan fingerprint density at radius 3 is 2.54 bits per heavy atom. The largest absolute Gasteiger partial charge is 0.493 e. The van der Waals surface area contributed by atoms with Crippen LogP contribution < -0.4 is 20.6 Å². The number of ether oxygens (including phenoxy) is 2. The molecule has 0 heterocycles. The SMILES string of the molecule is COc1cc(/C=N\NC(=O)C(N)=O)ccc1OC(=O)c1ccccc1Cl. The van der Waals surface area contributed by atoms with Crippen LogP contribution in [0.5, 0.6) is 11.5 Å². The van der Waals surface area contributed by atoms with Gasteiger partial charge in [-0.3, -0.25) is 9.59 Å². The van der Waals surface area contributed by atoms with Crippen LogP contribution in [0.25, 0.3) is 0 Å². The Labute approximate surface area is 153 Å². The number of nitrogens with zero attached hydrogens (tertiary/aromatic N) is 1. The number of benzene rings is 2. The van der Waals surface area contributed by atoms with Gasteiger partial charge < -0.3 is 15.2 Å². The van der Waals surface area contributed by atoms with E-state index in [-0.39, 0.29) is 22.1 Å². The molecule has 0 radical (unpaired) electrons. The summed E-state index contributed by atoms with van der Waals surface area (Å²) in [6, 6.07) is 11.1. The van der Waals surface area contributed by atoms with Gasteiger partial charge in [-0.05, 0) is 35.9 Å². The van der Waals surface area contributed by atoms with Crippen molar-refractivity contribution in [3.63, 3.8) is 0 Å². The van der Waals surface area contributed by atoms with E-state index in [1.165, 1.54) is 25.5 Å². The fourth-order valence-corrected chi connectivity index (χ4v) is 2.06. The summed E-state index contributed by atoms with van der Waals surface area (Å²) in [6.45, 7) is 0. The third-order valence-electron chi connectivity index (χ3n) is 3.09. The zero-order valence-electron chi connectivity index (χ0n) is 13.6. The summed E-state index contributed by atoms with van der Waals surface area (Å²) in [5, 5.41) is 3.85. The molecule has 0 saturated carbocycles. The molecule has 134 valence electrons. The summed E-state index contributed by atoms with van der Waals surface area (Å²) < 4.78 is 10.5. The van der Waals surface area contributed by atoms with Crippen LogP contribution in [0.2, 0.25) is 5.02 Å². The number of nitrogens with two attached hydrogens (primary N) is 1. The maximum atomic E-state index is 12.2. The fourth-order valence-electron chi connectivity index (χ4n) is 1.85. The number of primary amides is 1. The first-order chi connectivity index (χ1) is 12.4. The molecule has 0 saturated heterocycles. The number of halogens is 1. The van der Waals surface area contributed by atoms with E-state index in [1.54, 1.807) is 30.3 Å². The molecule has 0 bridgehead atoms. The minimum atomic E-state index is -1.15. The van der Waals surface area contributed by atoms with Crippen LogP contribution in [0.1, 0.15) is 15.9 Å². The molecule has 2 rings (SSSR count). The smallest absolute Gasteiger partial charge is 0.345 e. The number of carbonyl (C=O) groups is 3. The van der Waals surface area contributed by atoms with Crippen LogP contribution in [-0.4, -0.2) is 31.1 Å². The van der Waals surface area contributed by atoms with Crippen LogP contribution in [0, 0.1) is 0 Å². The predicted octanol–water partition coefficient (Wildman–Crippen LogP) is 1.50. The Morgan fingerprint density at radius 2 is 1.88 bits per heavy atom. The molecule has 0 atom stereocenters. The predicted molar refractivity (Wildman–Crippen MR) is 94.3 cm³/mol. The number of nitrogens with one attached hydrogen (secondary N) is 1. The van der Waals surface area contributed by atoms with Gasteiger partial charge in [0.2, 0.25) is 0 Å². The van der Waals surface area contributed by atoms with Crippen molar-refractivity contribution in [2.45, 2.75) is 0 Å². The van der Waals surface area contributed by atoms with Gasteiger partial charge in [0.15, 0.2) is 11.5 Å². The van der Waals surface area contributed by atoms with Crippen LogP contribution in [-0.2, 0) is 9.59 Å².